The van der Waals surface area contributed by atoms with Gasteiger partial charge in [0.15, 0.2) is 0 Å². The van der Waals surface area contributed by atoms with Crippen LogP contribution >= 0.6 is 15.9 Å². The van der Waals surface area contributed by atoms with Gasteiger partial charge in [-0.2, -0.15) is 0 Å². The fourth-order valence-corrected chi connectivity index (χ4v) is 3.78. The SMILES string of the molecule is CNC1CC(C)(C)CCc2c(C)cc(Br)c(C)c21. The predicted octanol–water partition coefficient (Wildman–Crippen LogP) is 4.69. The highest BCUT2D eigenvalue weighted by Crippen LogP contribution is 2.42. The van der Waals surface area contributed by atoms with Crippen molar-refractivity contribution in [3.8, 4) is 0 Å². The Balaban J connectivity index is 2.60. The summed E-state index contributed by atoms with van der Waals surface area (Å²) in [5.41, 5.74) is 6.36. The molecule has 1 unspecified atom stereocenters. The zero-order chi connectivity index (χ0) is 13.5. The molecule has 100 valence electrons. The van der Waals surface area contributed by atoms with Crippen molar-refractivity contribution < 1.29 is 0 Å². The molecule has 1 atom stereocenters. The highest BCUT2D eigenvalue weighted by atomic mass is 79.9. The lowest BCUT2D eigenvalue weighted by atomic mass is 9.82. The van der Waals surface area contributed by atoms with Crippen LogP contribution in [0.15, 0.2) is 10.5 Å². The van der Waals surface area contributed by atoms with Gasteiger partial charge in [-0.25, -0.2) is 0 Å². The minimum atomic E-state index is 0.415. The van der Waals surface area contributed by atoms with E-state index in [9.17, 15) is 0 Å². The number of rotatable bonds is 1. The molecule has 1 aromatic rings. The highest BCUT2D eigenvalue weighted by molar-refractivity contribution is 9.10. The highest BCUT2D eigenvalue weighted by Gasteiger charge is 2.30. The van der Waals surface area contributed by atoms with Crippen molar-refractivity contribution in [3.05, 3.63) is 32.8 Å². The molecule has 0 fully saturated rings. The second-order valence-electron chi connectivity index (χ2n) is 6.40. The molecule has 0 aromatic heterocycles. The number of hydrogen-bond donors (Lipinski definition) is 1. The minimum Gasteiger partial charge on any atom is -0.313 e. The Morgan fingerprint density at radius 3 is 2.61 bits per heavy atom. The van der Waals surface area contributed by atoms with E-state index in [4.69, 9.17) is 0 Å². The third kappa shape index (κ3) is 2.50. The molecule has 1 nitrogen and oxygen atoms in total. The van der Waals surface area contributed by atoms with E-state index in [1.807, 2.05) is 0 Å². The second-order valence-corrected chi connectivity index (χ2v) is 7.26. The van der Waals surface area contributed by atoms with Gasteiger partial charge < -0.3 is 5.32 Å². The van der Waals surface area contributed by atoms with Crippen LogP contribution < -0.4 is 5.32 Å². The largest absolute Gasteiger partial charge is 0.313 e. The number of benzene rings is 1. The molecule has 1 N–H and O–H groups in total. The Labute approximate surface area is 119 Å². The van der Waals surface area contributed by atoms with Crippen LogP contribution in [0.1, 0.15) is 55.0 Å². The van der Waals surface area contributed by atoms with E-state index in [0.29, 0.717) is 11.5 Å². The molecule has 18 heavy (non-hydrogen) atoms. The average molecular weight is 310 g/mol. The van der Waals surface area contributed by atoms with Crippen LogP contribution in [0, 0.1) is 19.3 Å². The van der Waals surface area contributed by atoms with Crippen LogP contribution in [0.5, 0.6) is 0 Å². The molecule has 0 saturated carbocycles. The fraction of sp³-hybridized carbons (Fsp3) is 0.625. The molecule has 1 aromatic carbocycles. The summed E-state index contributed by atoms with van der Waals surface area (Å²) >= 11 is 3.71. The Kier molecular flexibility index (Phi) is 3.89. The predicted molar refractivity (Wildman–Crippen MR) is 82.1 cm³/mol. The van der Waals surface area contributed by atoms with Crippen LogP contribution in [-0.4, -0.2) is 7.05 Å². The normalized spacial score (nSPS) is 22.4. The van der Waals surface area contributed by atoms with Crippen molar-refractivity contribution >= 4 is 15.9 Å². The first-order valence-electron chi connectivity index (χ1n) is 6.81. The summed E-state index contributed by atoms with van der Waals surface area (Å²) in [5, 5.41) is 3.53. The monoisotopic (exact) mass is 309 g/mol. The molecule has 0 aliphatic heterocycles. The summed E-state index contributed by atoms with van der Waals surface area (Å²) in [7, 11) is 2.09. The van der Waals surface area contributed by atoms with Gasteiger partial charge in [-0.05, 0) is 73.9 Å². The van der Waals surface area contributed by atoms with E-state index in [2.05, 4.69) is 62.1 Å². The molecular weight excluding hydrogens is 286 g/mol. The summed E-state index contributed by atoms with van der Waals surface area (Å²) in [4.78, 5) is 0. The standard InChI is InChI=1S/C16H24BrN/c1-10-8-13(17)11(2)15-12(10)6-7-16(3,4)9-14(15)18-5/h8,14,18H,6-7,9H2,1-5H3. The second kappa shape index (κ2) is 4.97. The summed E-state index contributed by atoms with van der Waals surface area (Å²) in [6, 6.07) is 2.76. The van der Waals surface area contributed by atoms with E-state index in [1.165, 1.54) is 40.4 Å². The summed E-state index contributed by atoms with van der Waals surface area (Å²) in [5.74, 6) is 0. The molecule has 1 aliphatic carbocycles. The Bertz CT molecular complexity index is 463. The number of aryl methyl sites for hydroxylation is 1. The van der Waals surface area contributed by atoms with Crippen molar-refractivity contribution in [2.75, 3.05) is 7.05 Å². The van der Waals surface area contributed by atoms with Crippen LogP contribution in [0.25, 0.3) is 0 Å². The maximum absolute atomic E-state index is 3.71. The quantitative estimate of drug-likeness (QED) is 0.742. The molecule has 0 saturated heterocycles. The van der Waals surface area contributed by atoms with Crippen LogP contribution in [-0.2, 0) is 6.42 Å². The van der Waals surface area contributed by atoms with Crippen molar-refractivity contribution in [2.45, 2.75) is 53.0 Å². The molecule has 2 rings (SSSR count). The van der Waals surface area contributed by atoms with Crippen LogP contribution in [0.2, 0.25) is 0 Å². The van der Waals surface area contributed by atoms with E-state index in [1.54, 1.807) is 5.56 Å². The van der Waals surface area contributed by atoms with Gasteiger partial charge in [-0.3, -0.25) is 0 Å². The maximum Gasteiger partial charge on any atom is 0.0328 e. The van der Waals surface area contributed by atoms with Crippen molar-refractivity contribution in [1.82, 2.24) is 5.32 Å². The number of hydrogen-bond acceptors (Lipinski definition) is 1. The van der Waals surface area contributed by atoms with Gasteiger partial charge in [0.05, 0.1) is 0 Å². The van der Waals surface area contributed by atoms with Gasteiger partial charge in [0.2, 0.25) is 0 Å². The smallest absolute Gasteiger partial charge is 0.0328 e. The number of halogens is 1. The van der Waals surface area contributed by atoms with Gasteiger partial charge in [-0.1, -0.05) is 29.8 Å². The minimum absolute atomic E-state index is 0.415. The third-order valence-corrected chi connectivity index (χ3v) is 5.24. The summed E-state index contributed by atoms with van der Waals surface area (Å²) < 4.78 is 1.25. The lowest BCUT2D eigenvalue weighted by Gasteiger charge is -2.27. The molecule has 0 amide bonds. The van der Waals surface area contributed by atoms with Gasteiger partial charge in [-0.15, -0.1) is 0 Å². The van der Waals surface area contributed by atoms with Gasteiger partial charge in [0, 0.05) is 10.5 Å². The first-order valence-corrected chi connectivity index (χ1v) is 7.61. The van der Waals surface area contributed by atoms with Gasteiger partial charge in [0.25, 0.3) is 0 Å². The third-order valence-electron chi connectivity index (χ3n) is 4.41. The summed E-state index contributed by atoms with van der Waals surface area (Å²) in [6.45, 7) is 9.27. The van der Waals surface area contributed by atoms with Crippen LogP contribution in [0.4, 0.5) is 0 Å². The molecule has 0 heterocycles. The van der Waals surface area contributed by atoms with Crippen LogP contribution in [0.3, 0.4) is 0 Å². The molecule has 1 aliphatic rings. The molecular formula is C16H24BrN. The molecule has 0 spiro atoms. The Hall–Kier alpha value is -0.340. The van der Waals surface area contributed by atoms with Gasteiger partial charge in [0.1, 0.15) is 0 Å². The fourth-order valence-electron chi connectivity index (χ4n) is 3.22. The van der Waals surface area contributed by atoms with E-state index in [-0.39, 0.29) is 0 Å². The van der Waals surface area contributed by atoms with Gasteiger partial charge >= 0.3 is 0 Å². The van der Waals surface area contributed by atoms with E-state index in [0.717, 1.165) is 0 Å². The molecule has 0 bridgehead atoms. The zero-order valence-electron chi connectivity index (χ0n) is 12.2. The average Bonchev–Trinajstić information content (AvgIpc) is 2.42. The lowest BCUT2D eigenvalue weighted by Crippen LogP contribution is -2.23. The number of nitrogens with one attached hydrogen (secondary N) is 1. The van der Waals surface area contributed by atoms with Crippen molar-refractivity contribution in [2.24, 2.45) is 5.41 Å². The Morgan fingerprint density at radius 2 is 2.00 bits per heavy atom. The Morgan fingerprint density at radius 1 is 1.33 bits per heavy atom. The topological polar surface area (TPSA) is 12.0 Å². The molecule has 2 heteroatoms. The first kappa shape index (κ1) is 14.1. The summed E-state index contributed by atoms with van der Waals surface area (Å²) in [6.07, 6.45) is 3.70. The maximum atomic E-state index is 3.71. The van der Waals surface area contributed by atoms with E-state index < -0.39 is 0 Å². The zero-order valence-corrected chi connectivity index (χ0v) is 13.7. The van der Waals surface area contributed by atoms with Crippen molar-refractivity contribution in [1.29, 1.82) is 0 Å². The number of fused-ring (bicyclic) bond motifs is 1. The van der Waals surface area contributed by atoms with Crippen molar-refractivity contribution in [3.63, 3.8) is 0 Å². The van der Waals surface area contributed by atoms with E-state index >= 15 is 0 Å². The lowest BCUT2D eigenvalue weighted by molar-refractivity contribution is 0.279. The first-order chi connectivity index (χ1) is 8.35. The molecule has 0 radical (unpaired) electrons.